The van der Waals surface area contributed by atoms with Crippen LogP contribution in [0.15, 0.2) is 18.2 Å². The lowest BCUT2D eigenvalue weighted by molar-refractivity contribution is -0.0296. The van der Waals surface area contributed by atoms with Crippen LogP contribution in [0.2, 0.25) is 0 Å². The summed E-state index contributed by atoms with van der Waals surface area (Å²) >= 11 is 0. The summed E-state index contributed by atoms with van der Waals surface area (Å²) < 4.78 is 5.78. The third-order valence-electron chi connectivity index (χ3n) is 4.86. The number of carbonyl (C=O) groups excluding carboxylic acids is 1. The fourth-order valence-electron chi connectivity index (χ4n) is 3.34. The number of fused-ring (bicyclic) bond motifs is 1. The van der Waals surface area contributed by atoms with E-state index in [1.807, 2.05) is 13.0 Å². The highest BCUT2D eigenvalue weighted by Crippen LogP contribution is 2.22. The van der Waals surface area contributed by atoms with Crippen molar-refractivity contribution in [3.05, 3.63) is 35.0 Å². The number of aromatic nitrogens is 1. The zero-order valence-corrected chi connectivity index (χ0v) is 14.8. The molecule has 1 aromatic heterocycles. The van der Waals surface area contributed by atoms with E-state index in [0.29, 0.717) is 12.2 Å². The van der Waals surface area contributed by atoms with Crippen LogP contribution in [0.4, 0.5) is 0 Å². The number of nitrogens with zero attached hydrogens (tertiary/aromatic N) is 1. The first-order valence-corrected chi connectivity index (χ1v) is 8.79. The summed E-state index contributed by atoms with van der Waals surface area (Å²) in [6.45, 7) is 10.7. The zero-order chi connectivity index (χ0) is 17.1. The number of carbonyl (C=O) groups is 1. The highest BCUT2D eigenvalue weighted by atomic mass is 16.5. The molecule has 2 N–H and O–H groups in total. The van der Waals surface area contributed by atoms with Crippen molar-refractivity contribution in [3.63, 3.8) is 0 Å². The molecule has 5 heteroatoms. The molecule has 0 saturated carbocycles. The molecule has 1 aliphatic rings. The van der Waals surface area contributed by atoms with Crippen molar-refractivity contribution in [1.82, 2.24) is 15.2 Å². The summed E-state index contributed by atoms with van der Waals surface area (Å²) in [5.74, 6) is -0.0375. The fraction of sp³-hybridized carbons (Fsp3) is 0.526. The van der Waals surface area contributed by atoms with Gasteiger partial charge in [0.1, 0.15) is 5.69 Å². The van der Waals surface area contributed by atoms with Crippen LogP contribution in [0.5, 0.6) is 0 Å². The van der Waals surface area contributed by atoms with Gasteiger partial charge in [-0.05, 0) is 44.5 Å². The van der Waals surface area contributed by atoms with Crippen LogP contribution < -0.4 is 5.32 Å². The van der Waals surface area contributed by atoms with Crippen molar-refractivity contribution in [3.8, 4) is 0 Å². The quantitative estimate of drug-likeness (QED) is 0.886. The molecule has 1 amide bonds. The van der Waals surface area contributed by atoms with Crippen molar-refractivity contribution in [1.29, 1.82) is 0 Å². The second kappa shape index (κ2) is 7.36. The minimum Gasteiger partial charge on any atom is -0.375 e. The number of hydrogen-bond donors (Lipinski definition) is 2. The van der Waals surface area contributed by atoms with Crippen molar-refractivity contribution >= 4 is 16.8 Å². The van der Waals surface area contributed by atoms with Gasteiger partial charge < -0.3 is 15.0 Å². The van der Waals surface area contributed by atoms with E-state index in [9.17, 15) is 4.79 Å². The molecule has 130 valence electrons. The van der Waals surface area contributed by atoms with E-state index in [4.69, 9.17) is 4.74 Å². The molecule has 1 saturated heterocycles. The molecule has 2 heterocycles. The Balaban J connectivity index is 1.58. The van der Waals surface area contributed by atoms with E-state index >= 15 is 0 Å². The molecule has 0 bridgehead atoms. The molecule has 0 aliphatic carbocycles. The second-order valence-corrected chi connectivity index (χ2v) is 6.60. The first kappa shape index (κ1) is 17.0. The molecule has 2 aromatic rings. The van der Waals surface area contributed by atoms with Crippen molar-refractivity contribution < 1.29 is 9.53 Å². The molecule has 5 nitrogen and oxygen atoms in total. The number of H-pyrrole nitrogens is 1. The zero-order valence-electron chi connectivity index (χ0n) is 14.8. The number of hydrogen-bond acceptors (Lipinski definition) is 3. The maximum absolute atomic E-state index is 12.5. The van der Waals surface area contributed by atoms with Gasteiger partial charge in [0.15, 0.2) is 0 Å². The minimum atomic E-state index is -0.0375. The topological polar surface area (TPSA) is 57.4 Å². The van der Waals surface area contributed by atoms with Crippen molar-refractivity contribution in [2.75, 3.05) is 32.8 Å². The van der Waals surface area contributed by atoms with Gasteiger partial charge in [-0.3, -0.25) is 9.69 Å². The average Bonchev–Trinajstić information content (AvgIpc) is 2.91. The third kappa shape index (κ3) is 3.62. The third-order valence-corrected chi connectivity index (χ3v) is 4.86. The van der Waals surface area contributed by atoms with Gasteiger partial charge in [-0.1, -0.05) is 18.6 Å². The monoisotopic (exact) mass is 329 g/mol. The SMILES string of the molecule is CCN1CCOC(CCNC(=O)c2[nH]c3ccc(C)cc3c2C)C1. The standard InChI is InChI=1S/C19H27N3O2/c1-4-22-9-10-24-15(12-22)7-8-20-19(23)18-14(3)16-11-13(2)5-6-17(16)21-18/h5-6,11,15,21H,4,7-10,12H2,1-3H3,(H,20,23). The Morgan fingerprint density at radius 2 is 2.25 bits per heavy atom. The van der Waals surface area contributed by atoms with E-state index in [1.165, 1.54) is 5.56 Å². The molecular weight excluding hydrogens is 302 g/mol. The number of amides is 1. The molecule has 1 aromatic carbocycles. The Kier molecular flexibility index (Phi) is 5.21. The van der Waals surface area contributed by atoms with Gasteiger partial charge in [-0.15, -0.1) is 0 Å². The number of aryl methyl sites for hydroxylation is 2. The highest BCUT2D eigenvalue weighted by Gasteiger charge is 2.20. The molecule has 3 rings (SSSR count). The number of likely N-dealkylation sites (N-methyl/N-ethyl adjacent to an activating group) is 1. The highest BCUT2D eigenvalue weighted by molar-refractivity contribution is 6.00. The van der Waals surface area contributed by atoms with Crippen LogP contribution >= 0.6 is 0 Å². The summed E-state index contributed by atoms with van der Waals surface area (Å²) in [7, 11) is 0. The Hall–Kier alpha value is -1.85. The number of benzene rings is 1. The number of nitrogens with one attached hydrogen (secondary N) is 2. The maximum atomic E-state index is 12.5. The summed E-state index contributed by atoms with van der Waals surface area (Å²) in [5.41, 5.74) is 3.89. The van der Waals surface area contributed by atoms with Crippen molar-refractivity contribution in [2.24, 2.45) is 0 Å². The Bertz CT molecular complexity index is 723. The molecule has 1 atom stereocenters. The first-order valence-electron chi connectivity index (χ1n) is 8.79. The van der Waals surface area contributed by atoms with Crippen molar-refractivity contribution in [2.45, 2.75) is 33.3 Å². The van der Waals surface area contributed by atoms with E-state index in [-0.39, 0.29) is 12.0 Å². The number of rotatable bonds is 5. The van der Waals surface area contributed by atoms with Gasteiger partial charge in [0.05, 0.1) is 12.7 Å². The normalized spacial score (nSPS) is 18.9. The van der Waals surface area contributed by atoms with Crippen LogP contribution in [0.3, 0.4) is 0 Å². The van der Waals surface area contributed by atoms with Gasteiger partial charge in [0.2, 0.25) is 0 Å². The van der Waals surface area contributed by atoms with E-state index < -0.39 is 0 Å². The lowest BCUT2D eigenvalue weighted by Crippen LogP contribution is -2.43. The molecule has 0 radical (unpaired) electrons. The van der Waals surface area contributed by atoms with Crippen LogP contribution in [0, 0.1) is 13.8 Å². The molecule has 1 fully saturated rings. The summed E-state index contributed by atoms with van der Waals surface area (Å²) in [6, 6.07) is 6.21. The number of ether oxygens (including phenoxy) is 1. The Morgan fingerprint density at radius 3 is 3.04 bits per heavy atom. The minimum absolute atomic E-state index is 0.0375. The smallest absolute Gasteiger partial charge is 0.268 e. The predicted octanol–water partition coefficient (Wildman–Crippen LogP) is 2.63. The number of aromatic amines is 1. The van der Waals surface area contributed by atoms with Gasteiger partial charge >= 0.3 is 0 Å². The summed E-state index contributed by atoms with van der Waals surface area (Å²) in [5, 5.41) is 4.15. The predicted molar refractivity (Wildman–Crippen MR) is 96.6 cm³/mol. The largest absolute Gasteiger partial charge is 0.375 e. The number of morpholine rings is 1. The fourth-order valence-corrected chi connectivity index (χ4v) is 3.34. The Morgan fingerprint density at radius 1 is 1.42 bits per heavy atom. The molecule has 1 aliphatic heterocycles. The first-order chi connectivity index (χ1) is 11.6. The maximum Gasteiger partial charge on any atom is 0.268 e. The average molecular weight is 329 g/mol. The summed E-state index contributed by atoms with van der Waals surface area (Å²) in [6.07, 6.45) is 1.06. The lowest BCUT2D eigenvalue weighted by Gasteiger charge is -2.32. The molecular formula is C19H27N3O2. The molecule has 0 spiro atoms. The molecule has 24 heavy (non-hydrogen) atoms. The van der Waals surface area contributed by atoms with Crippen LogP contribution in [0.1, 0.15) is 35.0 Å². The van der Waals surface area contributed by atoms with Gasteiger partial charge in [0.25, 0.3) is 5.91 Å². The van der Waals surface area contributed by atoms with Crippen LogP contribution in [0.25, 0.3) is 10.9 Å². The lowest BCUT2D eigenvalue weighted by atomic mass is 10.1. The van der Waals surface area contributed by atoms with Crippen LogP contribution in [-0.2, 0) is 4.74 Å². The summed E-state index contributed by atoms with van der Waals surface area (Å²) in [4.78, 5) is 18.1. The van der Waals surface area contributed by atoms with E-state index in [0.717, 1.165) is 49.1 Å². The second-order valence-electron chi connectivity index (χ2n) is 6.60. The molecule has 1 unspecified atom stereocenters. The van der Waals surface area contributed by atoms with Gasteiger partial charge in [0, 0.05) is 30.5 Å². The Labute approximate surface area is 143 Å². The van der Waals surface area contributed by atoms with Gasteiger partial charge in [-0.2, -0.15) is 0 Å². The van der Waals surface area contributed by atoms with Gasteiger partial charge in [-0.25, -0.2) is 0 Å². The van der Waals surface area contributed by atoms with E-state index in [1.54, 1.807) is 0 Å². The van der Waals surface area contributed by atoms with E-state index in [2.05, 4.69) is 41.2 Å². The van der Waals surface area contributed by atoms with Crippen LogP contribution in [-0.4, -0.2) is 54.7 Å².